The molecule has 4 nitrogen and oxygen atoms in total. The van der Waals surface area contributed by atoms with Gasteiger partial charge < -0.3 is 10.0 Å². The van der Waals surface area contributed by atoms with E-state index < -0.39 is 6.09 Å². The van der Waals surface area contributed by atoms with Crippen LogP contribution < -0.4 is 0 Å². The van der Waals surface area contributed by atoms with Crippen molar-refractivity contribution in [3.63, 3.8) is 0 Å². The molecule has 2 aromatic carbocycles. The summed E-state index contributed by atoms with van der Waals surface area (Å²) in [6.07, 6.45) is 2.22. The third-order valence-electron chi connectivity index (χ3n) is 5.19. The molecular weight excluding hydrogens is 348 g/mol. The zero-order chi connectivity index (χ0) is 18.5. The van der Waals surface area contributed by atoms with Crippen LogP contribution in [0, 0.1) is 0 Å². The molecule has 0 spiro atoms. The standard InChI is InChI=1S/C21H25ClN2O2/c1-23(21(25)26)20(17-9-11-18(22)12-10-17)19(24-13-5-6-14-24)15-16-7-3-2-4-8-16/h2-4,7-12,19-20H,5-6,13-15H2,1H3,(H,25,26). The highest BCUT2D eigenvalue weighted by Gasteiger charge is 2.35. The molecule has 2 atom stereocenters. The Balaban J connectivity index is 1.99. The Labute approximate surface area is 160 Å². The van der Waals surface area contributed by atoms with Gasteiger partial charge in [0.15, 0.2) is 0 Å². The van der Waals surface area contributed by atoms with Gasteiger partial charge in [0, 0.05) is 18.1 Å². The highest BCUT2D eigenvalue weighted by molar-refractivity contribution is 6.30. The van der Waals surface area contributed by atoms with Gasteiger partial charge in [-0.15, -0.1) is 0 Å². The average Bonchev–Trinajstić information content (AvgIpc) is 3.18. The molecule has 1 fully saturated rings. The van der Waals surface area contributed by atoms with Crippen LogP contribution in [0.1, 0.15) is 30.0 Å². The molecule has 1 aliphatic heterocycles. The maximum absolute atomic E-state index is 11.8. The van der Waals surface area contributed by atoms with Crippen molar-refractivity contribution in [3.8, 4) is 0 Å². The number of carbonyl (C=O) groups is 1. The fourth-order valence-corrected chi connectivity index (χ4v) is 3.98. The molecule has 0 bridgehead atoms. The summed E-state index contributed by atoms with van der Waals surface area (Å²) >= 11 is 6.05. The van der Waals surface area contributed by atoms with Gasteiger partial charge >= 0.3 is 6.09 Å². The second kappa shape index (κ2) is 8.56. The predicted molar refractivity (Wildman–Crippen MR) is 105 cm³/mol. The van der Waals surface area contributed by atoms with E-state index in [0.717, 1.165) is 37.9 Å². The second-order valence-corrected chi connectivity index (χ2v) is 7.33. The number of nitrogens with zero attached hydrogens (tertiary/aromatic N) is 2. The molecule has 138 valence electrons. The van der Waals surface area contributed by atoms with E-state index in [2.05, 4.69) is 17.0 Å². The summed E-state index contributed by atoms with van der Waals surface area (Å²) in [7, 11) is 1.66. The molecule has 0 aromatic heterocycles. The first-order valence-corrected chi connectivity index (χ1v) is 9.43. The highest BCUT2D eigenvalue weighted by atomic mass is 35.5. The largest absolute Gasteiger partial charge is 0.465 e. The minimum Gasteiger partial charge on any atom is -0.465 e. The Morgan fingerprint density at radius 3 is 2.31 bits per heavy atom. The van der Waals surface area contributed by atoms with Gasteiger partial charge in [0.2, 0.25) is 0 Å². The summed E-state index contributed by atoms with van der Waals surface area (Å²) in [6.45, 7) is 2.02. The smallest absolute Gasteiger partial charge is 0.407 e. The van der Waals surface area contributed by atoms with E-state index in [0.29, 0.717) is 5.02 Å². The summed E-state index contributed by atoms with van der Waals surface area (Å²) in [5.41, 5.74) is 2.20. The lowest BCUT2D eigenvalue weighted by Gasteiger charge is -2.39. The molecule has 2 aromatic rings. The number of rotatable bonds is 6. The monoisotopic (exact) mass is 372 g/mol. The maximum atomic E-state index is 11.8. The summed E-state index contributed by atoms with van der Waals surface area (Å²) in [5, 5.41) is 10.4. The normalized spacial score (nSPS) is 17.0. The first-order valence-electron chi connectivity index (χ1n) is 9.05. The number of likely N-dealkylation sites (tertiary alicyclic amines) is 1. The molecule has 1 N–H and O–H groups in total. The maximum Gasteiger partial charge on any atom is 0.407 e. The molecule has 1 amide bonds. The van der Waals surface area contributed by atoms with Gasteiger partial charge in [-0.3, -0.25) is 4.90 Å². The molecule has 1 heterocycles. The van der Waals surface area contributed by atoms with Gasteiger partial charge in [-0.1, -0.05) is 54.1 Å². The second-order valence-electron chi connectivity index (χ2n) is 6.89. The number of amides is 1. The zero-order valence-corrected chi connectivity index (χ0v) is 15.8. The van der Waals surface area contributed by atoms with Gasteiger partial charge in [0.1, 0.15) is 0 Å². The van der Waals surface area contributed by atoms with Crippen LogP contribution in [-0.4, -0.2) is 47.2 Å². The van der Waals surface area contributed by atoms with Crippen LogP contribution in [-0.2, 0) is 6.42 Å². The average molecular weight is 373 g/mol. The van der Waals surface area contributed by atoms with Crippen LogP contribution >= 0.6 is 11.6 Å². The first-order chi connectivity index (χ1) is 12.6. The third kappa shape index (κ3) is 4.37. The van der Waals surface area contributed by atoms with E-state index >= 15 is 0 Å². The Bertz CT molecular complexity index is 715. The van der Waals surface area contributed by atoms with Gasteiger partial charge in [0.25, 0.3) is 0 Å². The molecule has 5 heteroatoms. The molecular formula is C21H25ClN2O2. The molecule has 1 aliphatic rings. The van der Waals surface area contributed by atoms with Gasteiger partial charge in [-0.05, 0) is 55.6 Å². The van der Waals surface area contributed by atoms with Crippen molar-refractivity contribution < 1.29 is 9.90 Å². The fraction of sp³-hybridized carbons (Fsp3) is 0.381. The summed E-state index contributed by atoms with van der Waals surface area (Å²) in [5.74, 6) is 0. The van der Waals surface area contributed by atoms with Crippen molar-refractivity contribution in [1.29, 1.82) is 0 Å². The zero-order valence-electron chi connectivity index (χ0n) is 15.0. The molecule has 2 unspecified atom stereocenters. The van der Waals surface area contributed by atoms with E-state index in [1.54, 1.807) is 7.05 Å². The third-order valence-corrected chi connectivity index (χ3v) is 5.44. The summed E-state index contributed by atoms with van der Waals surface area (Å²) in [4.78, 5) is 15.7. The molecule has 1 saturated heterocycles. The minimum atomic E-state index is -0.915. The summed E-state index contributed by atoms with van der Waals surface area (Å²) < 4.78 is 0. The first kappa shape index (κ1) is 18.7. The Kier molecular flexibility index (Phi) is 6.17. The molecule has 0 saturated carbocycles. The molecule has 0 radical (unpaired) electrons. The van der Waals surface area contributed by atoms with Gasteiger partial charge in [-0.25, -0.2) is 4.79 Å². The van der Waals surface area contributed by atoms with Crippen molar-refractivity contribution in [2.45, 2.75) is 31.3 Å². The number of hydrogen-bond donors (Lipinski definition) is 1. The van der Waals surface area contributed by atoms with Crippen molar-refractivity contribution in [3.05, 3.63) is 70.7 Å². The number of halogens is 1. The molecule has 0 aliphatic carbocycles. The minimum absolute atomic E-state index is 0.0853. The van der Waals surface area contributed by atoms with E-state index in [9.17, 15) is 9.90 Å². The topological polar surface area (TPSA) is 43.8 Å². The Morgan fingerprint density at radius 1 is 1.12 bits per heavy atom. The van der Waals surface area contributed by atoms with E-state index in [4.69, 9.17) is 11.6 Å². The number of benzene rings is 2. The van der Waals surface area contributed by atoms with E-state index in [1.165, 1.54) is 10.5 Å². The van der Waals surface area contributed by atoms with Crippen LogP contribution in [0.2, 0.25) is 5.02 Å². The Morgan fingerprint density at radius 2 is 1.73 bits per heavy atom. The lowest BCUT2D eigenvalue weighted by atomic mass is 9.91. The van der Waals surface area contributed by atoms with E-state index in [1.807, 2.05) is 42.5 Å². The van der Waals surface area contributed by atoms with Crippen molar-refractivity contribution in [2.24, 2.45) is 0 Å². The lowest BCUT2D eigenvalue weighted by molar-refractivity contribution is 0.0931. The van der Waals surface area contributed by atoms with Crippen molar-refractivity contribution in [2.75, 3.05) is 20.1 Å². The van der Waals surface area contributed by atoms with Crippen LogP contribution in [0.3, 0.4) is 0 Å². The molecule has 26 heavy (non-hydrogen) atoms. The summed E-state index contributed by atoms with van der Waals surface area (Å²) in [6, 6.07) is 17.7. The van der Waals surface area contributed by atoms with Crippen molar-refractivity contribution >= 4 is 17.7 Å². The van der Waals surface area contributed by atoms with Crippen LogP contribution in [0.5, 0.6) is 0 Å². The van der Waals surface area contributed by atoms with Crippen molar-refractivity contribution in [1.82, 2.24) is 9.80 Å². The van der Waals surface area contributed by atoms with Crippen LogP contribution in [0.25, 0.3) is 0 Å². The number of carboxylic acid groups (broad SMARTS) is 1. The predicted octanol–water partition coefficient (Wildman–Crippen LogP) is 4.70. The Hall–Kier alpha value is -2.04. The number of likely N-dealkylation sites (N-methyl/N-ethyl adjacent to an activating group) is 1. The SMILES string of the molecule is CN(C(=O)O)C(c1ccc(Cl)cc1)C(Cc1ccccc1)N1CCCC1. The van der Waals surface area contributed by atoms with Crippen LogP contribution in [0.15, 0.2) is 54.6 Å². The fourth-order valence-electron chi connectivity index (χ4n) is 3.85. The molecule has 3 rings (SSSR count). The van der Waals surface area contributed by atoms with Crippen LogP contribution in [0.4, 0.5) is 4.79 Å². The van der Waals surface area contributed by atoms with Gasteiger partial charge in [-0.2, -0.15) is 0 Å². The van der Waals surface area contributed by atoms with E-state index in [-0.39, 0.29) is 12.1 Å². The van der Waals surface area contributed by atoms with Gasteiger partial charge in [0.05, 0.1) is 6.04 Å². The quantitative estimate of drug-likeness (QED) is 0.799. The highest BCUT2D eigenvalue weighted by Crippen LogP contribution is 2.32. The lowest BCUT2D eigenvalue weighted by Crippen LogP contribution is -2.47. The number of hydrogen-bond acceptors (Lipinski definition) is 2.